The molecule has 1 aliphatic rings. The van der Waals surface area contributed by atoms with Crippen LogP contribution in [-0.4, -0.2) is 116 Å². The van der Waals surface area contributed by atoms with Crippen molar-refractivity contribution in [2.75, 3.05) is 77.2 Å². The number of benzene rings is 3. The summed E-state index contributed by atoms with van der Waals surface area (Å²) in [5.74, 6) is 0.175. The Morgan fingerprint density at radius 3 is 2.38 bits per heavy atom. The molecule has 0 radical (unpaired) electrons. The zero-order valence-corrected chi connectivity index (χ0v) is 31.5. The molecule has 3 amide bonds. The van der Waals surface area contributed by atoms with Gasteiger partial charge in [0.2, 0.25) is 5.91 Å². The molecule has 11 nitrogen and oxygen atoms in total. The van der Waals surface area contributed by atoms with E-state index in [1.165, 1.54) is 0 Å². The molecule has 5 rings (SSSR count). The Hall–Kier alpha value is -4.52. The van der Waals surface area contributed by atoms with E-state index in [9.17, 15) is 19.5 Å². The molecule has 1 aromatic heterocycles. The standard InChI is InChI=1S/C40H53N7O4S/c1-41-22-12-24-45(3)38(49)31-18-19-34-36(29-31)52-39(43-34)42-23-11-5-8-17-37(48)44(2)27-28-46-25-20-32(21-26-46)47(40(50)51)35-16-10-9-15-33(35)30-13-6-4-7-14-30/h4,6-7,9-10,13-16,18-19,29,32,41H,5,8,11-12,17,20-28H2,1-3H3,(H,42,43)(H,50,51). The number of anilines is 2. The minimum Gasteiger partial charge on any atom is -0.465 e. The van der Waals surface area contributed by atoms with E-state index in [1.54, 1.807) is 21.1 Å². The highest BCUT2D eigenvalue weighted by atomic mass is 32.1. The van der Waals surface area contributed by atoms with Gasteiger partial charge in [0.1, 0.15) is 0 Å². The SMILES string of the molecule is CNCCCN(C)C(=O)c1ccc2nc(NCCCCCC(=O)N(C)CCN3CCC(N(C(=O)O)c4ccccc4-c4ccccc4)CC3)sc2c1. The van der Waals surface area contributed by atoms with Gasteiger partial charge in [-0.3, -0.25) is 14.5 Å². The first kappa shape index (κ1) is 38.7. The molecule has 12 heteroatoms. The van der Waals surface area contributed by atoms with Gasteiger partial charge in [0.15, 0.2) is 5.13 Å². The number of rotatable bonds is 18. The fourth-order valence-electron chi connectivity index (χ4n) is 6.73. The lowest BCUT2D eigenvalue weighted by molar-refractivity contribution is -0.130. The topological polar surface area (TPSA) is 121 Å². The van der Waals surface area contributed by atoms with Gasteiger partial charge < -0.3 is 30.4 Å². The van der Waals surface area contributed by atoms with Gasteiger partial charge in [-0.05, 0) is 75.5 Å². The predicted molar refractivity (Wildman–Crippen MR) is 212 cm³/mol. The van der Waals surface area contributed by atoms with Crippen molar-refractivity contribution < 1.29 is 19.5 Å². The summed E-state index contributed by atoms with van der Waals surface area (Å²) < 4.78 is 0.988. The van der Waals surface area contributed by atoms with Crippen LogP contribution in [0.4, 0.5) is 15.6 Å². The zero-order chi connectivity index (χ0) is 36.9. The van der Waals surface area contributed by atoms with Crippen LogP contribution in [-0.2, 0) is 4.79 Å². The van der Waals surface area contributed by atoms with Gasteiger partial charge in [0.05, 0.1) is 15.9 Å². The number of carboxylic acid groups (broad SMARTS) is 1. The lowest BCUT2D eigenvalue weighted by Crippen LogP contribution is -2.48. The van der Waals surface area contributed by atoms with Gasteiger partial charge >= 0.3 is 6.09 Å². The summed E-state index contributed by atoms with van der Waals surface area (Å²) in [5, 5.41) is 17.6. The van der Waals surface area contributed by atoms with Crippen molar-refractivity contribution in [2.24, 2.45) is 0 Å². The minimum absolute atomic E-state index is 0.0206. The quantitative estimate of drug-likeness (QED) is 0.0967. The molecule has 3 N–H and O–H groups in total. The molecule has 0 spiro atoms. The lowest BCUT2D eigenvalue weighted by Gasteiger charge is -2.38. The van der Waals surface area contributed by atoms with Gasteiger partial charge in [0.25, 0.3) is 5.91 Å². The van der Waals surface area contributed by atoms with E-state index in [0.717, 1.165) is 103 Å². The number of carbonyl (C=O) groups excluding carboxylic acids is 2. The third-order valence-corrected chi connectivity index (χ3v) is 10.8. The van der Waals surface area contributed by atoms with Crippen molar-refractivity contribution in [3.63, 3.8) is 0 Å². The van der Waals surface area contributed by atoms with Gasteiger partial charge in [-0.25, -0.2) is 9.78 Å². The van der Waals surface area contributed by atoms with E-state index in [1.807, 2.05) is 98.8 Å². The number of likely N-dealkylation sites (tertiary alicyclic amines) is 1. The second-order valence-corrected chi connectivity index (χ2v) is 14.6. The number of unbranched alkanes of at least 4 members (excludes halogenated alkanes) is 2. The van der Waals surface area contributed by atoms with Gasteiger partial charge in [-0.2, -0.15) is 0 Å². The molecule has 0 bridgehead atoms. The number of para-hydroxylation sites is 1. The molecular weight excluding hydrogens is 675 g/mol. The van der Waals surface area contributed by atoms with Crippen LogP contribution in [0.1, 0.15) is 55.3 Å². The highest BCUT2D eigenvalue weighted by Crippen LogP contribution is 2.34. The first-order chi connectivity index (χ1) is 25.2. The molecule has 4 aromatic rings. The van der Waals surface area contributed by atoms with Crippen LogP contribution >= 0.6 is 11.3 Å². The maximum Gasteiger partial charge on any atom is 0.412 e. The molecule has 52 heavy (non-hydrogen) atoms. The van der Waals surface area contributed by atoms with Crippen molar-refractivity contribution in [1.29, 1.82) is 0 Å². The van der Waals surface area contributed by atoms with Crippen molar-refractivity contribution in [3.8, 4) is 11.1 Å². The molecule has 278 valence electrons. The van der Waals surface area contributed by atoms with Crippen molar-refractivity contribution >= 4 is 50.3 Å². The molecule has 0 unspecified atom stereocenters. The van der Waals surface area contributed by atoms with Crippen molar-refractivity contribution in [2.45, 2.75) is 51.0 Å². The lowest BCUT2D eigenvalue weighted by atomic mass is 9.98. The number of nitrogens with one attached hydrogen (secondary N) is 2. The maximum atomic E-state index is 12.9. The molecule has 1 saturated heterocycles. The maximum absolute atomic E-state index is 12.9. The zero-order valence-electron chi connectivity index (χ0n) is 30.7. The molecule has 1 aliphatic heterocycles. The first-order valence-electron chi connectivity index (χ1n) is 18.4. The fourth-order valence-corrected chi connectivity index (χ4v) is 7.66. The Balaban J connectivity index is 0.983. The van der Waals surface area contributed by atoms with Crippen LogP contribution in [0.2, 0.25) is 0 Å². The summed E-state index contributed by atoms with van der Waals surface area (Å²) in [6.45, 7) is 5.37. The predicted octanol–water partition coefficient (Wildman–Crippen LogP) is 6.72. The number of amides is 3. The largest absolute Gasteiger partial charge is 0.465 e. The number of hydrogen-bond donors (Lipinski definition) is 3. The monoisotopic (exact) mass is 727 g/mol. The number of nitrogens with zero attached hydrogens (tertiary/aromatic N) is 5. The third kappa shape index (κ3) is 10.5. The Bertz CT molecular complexity index is 1760. The Kier molecular flexibility index (Phi) is 14.4. The van der Waals surface area contributed by atoms with Crippen LogP contribution in [0.3, 0.4) is 0 Å². The van der Waals surface area contributed by atoms with Gasteiger partial charge in [-0.1, -0.05) is 66.3 Å². The highest BCUT2D eigenvalue weighted by molar-refractivity contribution is 7.22. The van der Waals surface area contributed by atoms with Crippen LogP contribution < -0.4 is 15.5 Å². The molecule has 0 aliphatic carbocycles. The van der Waals surface area contributed by atoms with Crippen LogP contribution in [0.15, 0.2) is 72.8 Å². The van der Waals surface area contributed by atoms with Gasteiger partial charge in [-0.15, -0.1) is 0 Å². The highest BCUT2D eigenvalue weighted by Gasteiger charge is 2.30. The molecule has 0 saturated carbocycles. The summed E-state index contributed by atoms with van der Waals surface area (Å²) in [6, 6.07) is 23.2. The summed E-state index contributed by atoms with van der Waals surface area (Å²) in [5.41, 5.74) is 4.20. The summed E-state index contributed by atoms with van der Waals surface area (Å²) in [6.07, 6.45) is 4.70. The number of aromatic nitrogens is 1. The second kappa shape index (κ2) is 19.4. The average Bonchev–Trinajstić information content (AvgIpc) is 3.58. The number of hydrogen-bond acceptors (Lipinski definition) is 8. The van der Waals surface area contributed by atoms with Crippen molar-refractivity contribution in [3.05, 3.63) is 78.4 Å². The van der Waals surface area contributed by atoms with E-state index in [4.69, 9.17) is 0 Å². The summed E-state index contributed by atoms with van der Waals surface area (Å²) in [7, 11) is 5.62. The molecule has 1 fully saturated rings. The van der Waals surface area contributed by atoms with Crippen LogP contribution in [0, 0.1) is 0 Å². The van der Waals surface area contributed by atoms with Crippen LogP contribution in [0.5, 0.6) is 0 Å². The molecule has 0 atom stereocenters. The average molecular weight is 728 g/mol. The van der Waals surface area contributed by atoms with Crippen LogP contribution in [0.25, 0.3) is 21.3 Å². The Morgan fingerprint density at radius 2 is 1.63 bits per heavy atom. The number of thiazole rings is 1. The van der Waals surface area contributed by atoms with E-state index in [-0.39, 0.29) is 17.9 Å². The number of piperidine rings is 1. The van der Waals surface area contributed by atoms with Gasteiger partial charge in [0, 0.05) is 77.0 Å². The van der Waals surface area contributed by atoms with E-state index < -0.39 is 6.09 Å². The summed E-state index contributed by atoms with van der Waals surface area (Å²) >= 11 is 1.56. The second-order valence-electron chi connectivity index (χ2n) is 13.5. The summed E-state index contributed by atoms with van der Waals surface area (Å²) in [4.78, 5) is 50.4. The number of fused-ring (bicyclic) bond motifs is 1. The van der Waals surface area contributed by atoms with Crippen molar-refractivity contribution in [1.82, 2.24) is 25.0 Å². The number of likely N-dealkylation sites (N-methyl/N-ethyl adjacent to an activating group) is 1. The normalized spacial score (nSPS) is 13.6. The van der Waals surface area contributed by atoms with E-state index in [2.05, 4.69) is 20.5 Å². The minimum atomic E-state index is -0.928. The first-order valence-corrected chi connectivity index (χ1v) is 19.2. The number of carbonyl (C=O) groups is 3. The molecular formula is C40H53N7O4S. The smallest absolute Gasteiger partial charge is 0.412 e. The molecule has 2 heterocycles. The fraction of sp³-hybridized carbons (Fsp3) is 0.450. The Morgan fingerprint density at radius 1 is 0.885 bits per heavy atom. The molecule has 3 aromatic carbocycles. The Labute approximate surface area is 311 Å². The third-order valence-electron chi connectivity index (χ3n) is 9.80. The van der Waals surface area contributed by atoms with E-state index >= 15 is 0 Å². The van der Waals surface area contributed by atoms with E-state index in [0.29, 0.717) is 25.1 Å².